The number of amides is 1. The van der Waals surface area contributed by atoms with Gasteiger partial charge in [-0.3, -0.25) is 9.89 Å². The van der Waals surface area contributed by atoms with Crippen LogP contribution in [0.3, 0.4) is 0 Å². The zero-order valence-electron chi connectivity index (χ0n) is 9.64. The van der Waals surface area contributed by atoms with E-state index in [1.807, 2.05) is 0 Å². The topological polar surface area (TPSA) is 78.0 Å². The van der Waals surface area contributed by atoms with E-state index in [9.17, 15) is 14.3 Å². The van der Waals surface area contributed by atoms with E-state index in [0.29, 0.717) is 0 Å². The van der Waals surface area contributed by atoms with E-state index >= 15 is 0 Å². The number of hydrogen-bond acceptors (Lipinski definition) is 3. The van der Waals surface area contributed by atoms with Crippen molar-refractivity contribution in [1.29, 1.82) is 0 Å². The monoisotopic (exact) mass is 249 g/mol. The second kappa shape index (κ2) is 4.87. The molecule has 94 valence electrons. The van der Waals surface area contributed by atoms with Gasteiger partial charge in [0.1, 0.15) is 11.6 Å². The van der Waals surface area contributed by atoms with Crippen molar-refractivity contribution in [1.82, 2.24) is 15.5 Å². The van der Waals surface area contributed by atoms with Crippen LogP contribution in [-0.2, 0) is 0 Å². The van der Waals surface area contributed by atoms with E-state index in [1.54, 1.807) is 19.3 Å². The van der Waals surface area contributed by atoms with Crippen molar-refractivity contribution < 1.29 is 14.3 Å². The highest BCUT2D eigenvalue weighted by Gasteiger charge is 2.15. The van der Waals surface area contributed by atoms with E-state index in [2.05, 4.69) is 15.5 Å². The normalized spacial score (nSPS) is 12.1. The molecule has 0 aliphatic heterocycles. The number of carbonyl (C=O) groups excluding carboxylic acids is 1. The number of phenolic OH excluding ortho intramolecular Hbond substituents is 1. The first-order chi connectivity index (χ1) is 8.58. The summed E-state index contributed by atoms with van der Waals surface area (Å²) in [6.07, 6.45) is 3.23. The maximum absolute atomic E-state index is 13.0. The van der Waals surface area contributed by atoms with E-state index in [0.717, 1.165) is 23.8 Å². The minimum Gasteiger partial charge on any atom is -0.507 e. The molecule has 1 heterocycles. The second-order valence-electron chi connectivity index (χ2n) is 3.89. The van der Waals surface area contributed by atoms with Crippen molar-refractivity contribution in [3.05, 3.63) is 47.5 Å². The van der Waals surface area contributed by atoms with E-state index in [1.165, 1.54) is 0 Å². The Kier molecular flexibility index (Phi) is 3.27. The molecule has 1 aromatic heterocycles. The van der Waals surface area contributed by atoms with Crippen LogP contribution in [0.25, 0.3) is 0 Å². The molecule has 2 rings (SSSR count). The zero-order chi connectivity index (χ0) is 13.1. The van der Waals surface area contributed by atoms with Gasteiger partial charge in [-0.1, -0.05) is 0 Å². The van der Waals surface area contributed by atoms with Crippen LogP contribution < -0.4 is 5.32 Å². The summed E-state index contributed by atoms with van der Waals surface area (Å²) < 4.78 is 13.0. The fourth-order valence-electron chi connectivity index (χ4n) is 1.55. The van der Waals surface area contributed by atoms with E-state index in [4.69, 9.17) is 0 Å². The molecule has 18 heavy (non-hydrogen) atoms. The first kappa shape index (κ1) is 12.1. The smallest absolute Gasteiger partial charge is 0.255 e. The maximum atomic E-state index is 13.0. The van der Waals surface area contributed by atoms with Crippen LogP contribution in [0.5, 0.6) is 5.75 Å². The quantitative estimate of drug-likeness (QED) is 0.775. The van der Waals surface area contributed by atoms with E-state index in [-0.39, 0.29) is 17.4 Å². The molecule has 0 aliphatic carbocycles. The molecular formula is C12H12FN3O2. The van der Waals surface area contributed by atoms with Crippen molar-refractivity contribution in [2.75, 3.05) is 0 Å². The molecule has 0 spiro atoms. The molecule has 1 atom stereocenters. The standard InChI is InChI=1S/C12H12FN3O2/c1-7(8-5-14-15-6-8)16-12(18)10-4-9(13)2-3-11(10)17/h2-7,17H,1H3,(H,14,15)(H,16,18). The van der Waals surface area contributed by atoms with Crippen LogP contribution in [-0.4, -0.2) is 21.2 Å². The van der Waals surface area contributed by atoms with E-state index < -0.39 is 11.7 Å². The molecular weight excluding hydrogens is 237 g/mol. The van der Waals surface area contributed by atoms with Gasteiger partial charge in [-0.2, -0.15) is 5.10 Å². The predicted molar refractivity (Wildman–Crippen MR) is 62.5 cm³/mol. The Morgan fingerprint density at radius 1 is 1.56 bits per heavy atom. The van der Waals surface area contributed by atoms with Crippen LogP contribution in [0.1, 0.15) is 28.9 Å². The van der Waals surface area contributed by atoms with Crippen molar-refractivity contribution in [3.63, 3.8) is 0 Å². The van der Waals surface area contributed by atoms with Crippen molar-refractivity contribution in [2.24, 2.45) is 0 Å². The molecule has 0 saturated heterocycles. The number of rotatable bonds is 3. The summed E-state index contributed by atoms with van der Waals surface area (Å²) in [5.41, 5.74) is 0.699. The number of aromatic hydroxyl groups is 1. The fraction of sp³-hybridized carbons (Fsp3) is 0.167. The molecule has 0 saturated carbocycles. The highest BCUT2D eigenvalue weighted by molar-refractivity contribution is 5.97. The predicted octanol–water partition coefficient (Wildman–Crippen LogP) is 1.75. The van der Waals surface area contributed by atoms with Gasteiger partial charge in [-0.15, -0.1) is 0 Å². The minimum atomic E-state index is -0.575. The lowest BCUT2D eigenvalue weighted by Gasteiger charge is -2.12. The molecule has 1 aromatic carbocycles. The average molecular weight is 249 g/mol. The number of H-pyrrole nitrogens is 1. The Balaban J connectivity index is 2.15. The summed E-state index contributed by atoms with van der Waals surface area (Å²) in [6, 6.07) is 2.93. The number of hydrogen-bond donors (Lipinski definition) is 3. The van der Waals surface area contributed by atoms with Gasteiger partial charge in [0.2, 0.25) is 0 Å². The molecule has 5 nitrogen and oxygen atoms in total. The Labute approximate surface area is 103 Å². The lowest BCUT2D eigenvalue weighted by Crippen LogP contribution is -2.26. The third-order valence-corrected chi connectivity index (χ3v) is 2.57. The van der Waals surface area contributed by atoms with Gasteiger partial charge in [-0.25, -0.2) is 4.39 Å². The molecule has 0 aliphatic rings. The largest absolute Gasteiger partial charge is 0.507 e. The van der Waals surface area contributed by atoms with Crippen LogP contribution >= 0.6 is 0 Å². The van der Waals surface area contributed by atoms with Gasteiger partial charge >= 0.3 is 0 Å². The zero-order valence-corrected chi connectivity index (χ0v) is 9.64. The Morgan fingerprint density at radius 3 is 3.00 bits per heavy atom. The van der Waals surface area contributed by atoms with Crippen LogP contribution in [0.15, 0.2) is 30.6 Å². The fourth-order valence-corrected chi connectivity index (χ4v) is 1.55. The van der Waals surface area contributed by atoms with Crippen molar-refractivity contribution in [2.45, 2.75) is 13.0 Å². The number of carbonyl (C=O) groups is 1. The lowest BCUT2D eigenvalue weighted by atomic mass is 10.1. The average Bonchev–Trinajstić information content (AvgIpc) is 2.85. The molecule has 2 aromatic rings. The molecule has 0 fully saturated rings. The Bertz CT molecular complexity index is 554. The first-order valence-electron chi connectivity index (χ1n) is 5.36. The third kappa shape index (κ3) is 2.48. The molecule has 1 unspecified atom stereocenters. The van der Waals surface area contributed by atoms with Crippen LogP contribution in [0.2, 0.25) is 0 Å². The number of aromatic amines is 1. The first-order valence-corrected chi connectivity index (χ1v) is 5.36. The van der Waals surface area contributed by atoms with Crippen LogP contribution in [0, 0.1) is 5.82 Å². The van der Waals surface area contributed by atoms with Gasteiger partial charge in [0.05, 0.1) is 17.8 Å². The summed E-state index contributed by atoms with van der Waals surface area (Å²) >= 11 is 0. The van der Waals surface area contributed by atoms with Crippen LogP contribution in [0.4, 0.5) is 4.39 Å². The summed E-state index contributed by atoms with van der Waals surface area (Å²) in [4.78, 5) is 11.9. The van der Waals surface area contributed by atoms with Gasteiger partial charge in [0.15, 0.2) is 0 Å². The number of phenols is 1. The SMILES string of the molecule is CC(NC(=O)c1cc(F)ccc1O)c1cn[nH]c1. The highest BCUT2D eigenvalue weighted by Crippen LogP contribution is 2.19. The summed E-state index contributed by atoms with van der Waals surface area (Å²) in [6.45, 7) is 1.76. The number of nitrogens with one attached hydrogen (secondary N) is 2. The number of nitrogens with zero attached hydrogens (tertiary/aromatic N) is 1. The summed E-state index contributed by atoms with van der Waals surface area (Å²) in [5.74, 6) is -1.37. The molecule has 3 N–H and O–H groups in total. The van der Waals surface area contributed by atoms with Gasteiger partial charge in [-0.05, 0) is 25.1 Å². The highest BCUT2D eigenvalue weighted by atomic mass is 19.1. The number of halogens is 1. The molecule has 6 heteroatoms. The second-order valence-corrected chi connectivity index (χ2v) is 3.89. The van der Waals surface area contributed by atoms with Crippen molar-refractivity contribution >= 4 is 5.91 Å². The summed E-state index contributed by atoms with van der Waals surface area (Å²) in [5, 5.41) is 18.5. The maximum Gasteiger partial charge on any atom is 0.255 e. The van der Waals surface area contributed by atoms with Gasteiger partial charge in [0, 0.05) is 11.8 Å². The number of benzene rings is 1. The molecule has 0 bridgehead atoms. The molecule has 0 radical (unpaired) electrons. The Morgan fingerprint density at radius 2 is 2.33 bits per heavy atom. The Hall–Kier alpha value is -2.37. The molecule has 1 amide bonds. The minimum absolute atomic E-state index is 0.0923. The third-order valence-electron chi connectivity index (χ3n) is 2.57. The number of aromatic nitrogens is 2. The summed E-state index contributed by atoms with van der Waals surface area (Å²) in [7, 11) is 0. The van der Waals surface area contributed by atoms with Gasteiger partial charge < -0.3 is 10.4 Å². The lowest BCUT2D eigenvalue weighted by molar-refractivity contribution is 0.0936. The van der Waals surface area contributed by atoms with Gasteiger partial charge in [0.25, 0.3) is 5.91 Å². The van der Waals surface area contributed by atoms with Crippen molar-refractivity contribution in [3.8, 4) is 5.75 Å².